The molecule has 1 rings (SSSR count). The second-order valence-electron chi connectivity index (χ2n) is 3.47. The van der Waals surface area contributed by atoms with Crippen molar-refractivity contribution in [2.45, 2.75) is 38.0 Å². The summed E-state index contributed by atoms with van der Waals surface area (Å²) < 4.78 is 0. The third-order valence-electron chi connectivity index (χ3n) is 3.04. The number of hydrogen-bond acceptors (Lipinski definition) is 3. The molecule has 13 heavy (non-hydrogen) atoms. The maximum atomic E-state index is 9.31. The molecule has 1 fully saturated rings. The molecule has 2 nitrogen and oxygen atoms in total. The van der Waals surface area contributed by atoms with Gasteiger partial charge in [0.2, 0.25) is 0 Å². The van der Waals surface area contributed by atoms with Gasteiger partial charge in [-0.1, -0.05) is 20.8 Å². The number of hydrogen-bond donors (Lipinski definition) is 0. The van der Waals surface area contributed by atoms with Crippen molar-refractivity contribution in [1.29, 1.82) is 5.26 Å². The molecule has 0 aromatic rings. The molecule has 2 unspecified atom stereocenters. The minimum absolute atomic E-state index is 0.186. The van der Waals surface area contributed by atoms with Gasteiger partial charge in [-0.15, -0.1) is 0 Å². The Labute approximate surface area is 85.3 Å². The fourth-order valence-electron chi connectivity index (χ4n) is 2.15. The van der Waals surface area contributed by atoms with E-state index in [9.17, 15) is 5.26 Å². The molecule has 0 aromatic heterocycles. The maximum Gasteiger partial charge on any atom is 0.121 e. The van der Waals surface area contributed by atoms with Gasteiger partial charge >= 0.3 is 0 Å². The van der Waals surface area contributed by atoms with Crippen LogP contribution in [-0.4, -0.2) is 34.5 Å². The normalized spacial score (nSPS) is 33.6. The molecule has 1 aliphatic rings. The van der Waals surface area contributed by atoms with E-state index in [1.807, 2.05) is 11.8 Å². The SMILES string of the molecule is CCN(CC)C1(C#N)CCSC1C. The van der Waals surface area contributed by atoms with Crippen molar-refractivity contribution in [1.82, 2.24) is 4.90 Å². The molecule has 0 aromatic carbocycles. The first kappa shape index (κ1) is 10.9. The van der Waals surface area contributed by atoms with Crippen molar-refractivity contribution in [2.75, 3.05) is 18.8 Å². The Hall–Kier alpha value is -0.200. The molecule has 0 bridgehead atoms. The van der Waals surface area contributed by atoms with Crippen LogP contribution in [-0.2, 0) is 0 Å². The Morgan fingerprint density at radius 1 is 1.54 bits per heavy atom. The molecule has 0 aliphatic carbocycles. The van der Waals surface area contributed by atoms with Gasteiger partial charge in [-0.3, -0.25) is 4.90 Å². The topological polar surface area (TPSA) is 27.0 Å². The summed E-state index contributed by atoms with van der Waals surface area (Å²) in [5.41, 5.74) is -0.186. The molecule has 1 saturated heterocycles. The predicted molar refractivity (Wildman–Crippen MR) is 57.8 cm³/mol. The summed E-state index contributed by atoms with van der Waals surface area (Å²) in [5, 5.41) is 9.77. The van der Waals surface area contributed by atoms with Crippen LogP contribution >= 0.6 is 11.8 Å². The number of rotatable bonds is 3. The molecular weight excluding hydrogens is 180 g/mol. The summed E-state index contributed by atoms with van der Waals surface area (Å²) in [5.74, 6) is 1.13. The van der Waals surface area contributed by atoms with Gasteiger partial charge in [0.25, 0.3) is 0 Å². The fraction of sp³-hybridized carbons (Fsp3) is 0.900. The Bertz CT molecular complexity index is 207. The van der Waals surface area contributed by atoms with Crippen molar-refractivity contribution < 1.29 is 0 Å². The van der Waals surface area contributed by atoms with Gasteiger partial charge in [0.15, 0.2) is 0 Å². The lowest BCUT2D eigenvalue weighted by Gasteiger charge is -2.36. The van der Waals surface area contributed by atoms with E-state index in [2.05, 4.69) is 31.7 Å². The van der Waals surface area contributed by atoms with Gasteiger partial charge in [-0.25, -0.2) is 0 Å². The second kappa shape index (κ2) is 4.34. The molecule has 1 aliphatic heterocycles. The Balaban J connectivity index is 2.86. The molecule has 0 radical (unpaired) electrons. The molecule has 0 amide bonds. The molecule has 3 heteroatoms. The lowest BCUT2D eigenvalue weighted by molar-refractivity contribution is 0.155. The van der Waals surface area contributed by atoms with E-state index in [0.717, 1.165) is 25.3 Å². The maximum absolute atomic E-state index is 9.31. The van der Waals surface area contributed by atoms with E-state index >= 15 is 0 Å². The highest BCUT2D eigenvalue weighted by Crippen LogP contribution is 2.39. The highest BCUT2D eigenvalue weighted by atomic mass is 32.2. The lowest BCUT2D eigenvalue weighted by atomic mass is 9.92. The van der Waals surface area contributed by atoms with Crippen LogP contribution in [0, 0.1) is 11.3 Å². The summed E-state index contributed by atoms with van der Waals surface area (Å²) in [6.45, 7) is 8.42. The van der Waals surface area contributed by atoms with Gasteiger partial charge < -0.3 is 0 Å². The molecule has 0 saturated carbocycles. The molecule has 0 spiro atoms. The zero-order chi connectivity index (χ0) is 9.90. The van der Waals surface area contributed by atoms with Crippen LogP contribution in [0.1, 0.15) is 27.2 Å². The zero-order valence-electron chi connectivity index (χ0n) is 8.71. The summed E-state index contributed by atoms with van der Waals surface area (Å²) in [6, 6.07) is 2.53. The molecule has 2 atom stereocenters. The second-order valence-corrected chi connectivity index (χ2v) is 4.92. The van der Waals surface area contributed by atoms with Crippen LogP contribution in [0.5, 0.6) is 0 Å². The first-order chi connectivity index (χ1) is 6.21. The zero-order valence-corrected chi connectivity index (χ0v) is 9.52. The van der Waals surface area contributed by atoms with Crippen LogP contribution < -0.4 is 0 Å². The van der Waals surface area contributed by atoms with Gasteiger partial charge in [-0.2, -0.15) is 17.0 Å². The van der Waals surface area contributed by atoms with E-state index in [1.165, 1.54) is 0 Å². The van der Waals surface area contributed by atoms with Crippen LogP contribution in [0.3, 0.4) is 0 Å². The van der Waals surface area contributed by atoms with Crippen molar-refractivity contribution >= 4 is 11.8 Å². The average molecular weight is 198 g/mol. The molecular formula is C10H18N2S. The quantitative estimate of drug-likeness (QED) is 0.695. The number of nitrogens with zero attached hydrogens (tertiary/aromatic N) is 2. The molecule has 0 N–H and O–H groups in total. The Morgan fingerprint density at radius 3 is 2.46 bits per heavy atom. The Kier molecular flexibility index (Phi) is 3.63. The van der Waals surface area contributed by atoms with E-state index in [1.54, 1.807) is 0 Å². The van der Waals surface area contributed by atoms with Gasteiger partial charge in [0, 0.05) is 5.25 Å². The van der Waals surface area contributed by atoms with Crippen LogP contribution in [0.2, 0.25) is 0 Å². The van der Waals surface area contributed by atoms with Gasteiger partial charge in [0.05, 0.1) is 6.07 Å². The first-order valence-corrected chi connectivity index (χ1v) is 6.04. The van der Waals surface area contributed by atoms with Crippen LogP contribution in [0.25, 0.3) is 0 Å². The highest BCUT2D eigenvalue weighted by Gasteiger charge is 2.44. The van der Waals surface area contributed by atoms with E-state index in [4.69, 9.17) is 0 Å². The summed E-state index contributed by atoms with van der Waals surface area (Å²) in [4.78, 5) is 2.30. The number of thioether (sulfide) groups is 1. The third kappa shape index (κ3) is 1.70. The standard InChI is InChI=1S/C10H18N2S/c1-4-12(5-2)10(8-11)6-7-13-9(10)3/h9H,4-7H2,1-3H3. The minimum atomic E-state index is -0.186. The van der Waals surface area contributed by atoms with Crippen LogP contribution in [0.4, 0.5) is 0 Å². The first-order valence-electron chi connectivity index (χ1n) is 4.99. The van der Waals surface area contributed by atoms with E-state index in [0.29, 0.717) is 5.25 Å². The van der Waals surface area contributed by atoms with Crippen LogP contribution in [0.15, 0.2) is 0 Å². The highest BCUT2D eigenvalue weighted by molar-refractivity contribution is 8.00. The van der Waals surface area contributed by atoms with Crippen molar-refractivity contribution in [3.63, 3.8) is 0 Å². The summed E-state index contributed by atoms with van der Waals surface area (Å²) in [6.07, 6.45) is 1.02. The van der Waals surface area contributed by atoms with Crippen molar-refractivity contribution in [3.05, 3.63) is 0 Å². The van der Waals surface area contributed by atoms with E-state index < -0.39 is 0 Å². The molecule has 1 heterocycles. The van der Waals surface area contributed by atoms with E-state index in [-0.39, 0.29) is 5.54 Å². The van der Waals surface area contributed by atoms with Gasteiger partial charge in [0.1, 0.15) is 5.54 Å². The monoisotopic (exact) mass is 198 g/mol. The largest absolute Gasteiger partial charge is 0.285 e. The summed E-state index contributed by atoms with van der Waals surface area (Å²) >= 11 is 1.92. The Morgan fingerprint density at radius 2 is 2.15 bits per heavy atom. The van der Waals surface area contributed by atoms with Gasteiger partial charge in [-0.05, 0) is 25.3 Å². The van der Waals surface area contributed by atoms with Crippen molar-refractivity contribution in [2.24, 2.45) is 0 Å². The smallest absolute Gasteiger partial charge is 0.121 e. The minimum Gasteiger partial charge on any atom is -0.285 e. The number of nitriles is 1. The van der Waals surface area contributed by atoms with Crippen molar-refractivity contribution in [3.8, 4) is 6.07 Å². The lowest BCUT2D eigenvalue weighted by Crippen LogP contribution is -2.51. The summed E-state index contributed by atoms with van der Waals surface area (Å²) in [7, 11) is 0. The molecule has 74 valence electrons. The third-order valence-corrected chi connectivity index (χ3v) is 4.37. The predicted octanol–water partition coefficient (Wildman–Crippen LogP) is 2.12. The fourth-order valence-corrected chi connectivity index (χ4v) is 3.53. The average Bonchev–Trinajstić information content (AvgIpc) is 2.51.